The van der Waals surface area contributed by atoms with E-state index in [0.717, 1.165) is 22.7 Å². The smallest absolute Gasteiger partial charge is 0.0782 e. The van der Waals surface area contributed by atoms with Gasteiger partial charge in [-0.3, -0.25) is 0 Å². The Labute approximate surface area is 275 Å². The summed E-state index contributed by atoms with van der Waals surface area (Å²) in [6, 6.07) is 61.8. The van der Waals surface area contributed by atoms with E-state index in [1.165, 1.54) is 55.2 Å². The molecule has 0 N–H and O–H groups in total. The van der Waals surface area contributed by atoms with Crippen molar-refractivity contribution in [2.45, 2.75) is 19.3 Å². The molecular weight excluding hydrogens is 569 g/mol. The number of anilines is 3. The van der Waals surface area contributed by atoms with E-state index in [0.29, 0.717) is 0 Å². The van der Waals surface area contributed by atoms with Gasteiger partial charge in [-0.1, -0.05) is 135 Å². The van der Waals surface area contributed by atoms with Crippen molar-refractivity contribution in [3.63, 3.8) is 0 Å². The van der Waals surface area contributed by atoms with Crippen LogP contribution in [0, 0.1) is 0 Å². The van der Waals surface area contributed by atoms with Crippen LogP contribution in [-0.2, 0) is 5.41 Å². The van der Waals surface area contributed by atoms with Crippen LogP contribution in [0.3, 0.4) is 0 Å². The van der Waals surface area contributed by atoms with Crippen LogP contribution in [0.15, 0.2) is 170 Å². The van der Waals surface area contributed by atoms with Crippen molar-refractivity contribution in [1.82, 2.24) is 4.57 Å². The summed E-state index contributed by atoms with van der Waals surface area (Å²) >= 11 is 0. The predicted octanol–water partition coefficient (Wildman–Crippen LogP) is 12.2. The number of fused-ring (bicyclic) bond motifs is 6. The van der Waals surface area contributed by atoms with Crippen molar-refractivity contribution in [2.24, 2.45) is 0 Å². The Morgan fingerprint density at radius 3 is 1.91 bits per heavy atom. The Kier molecular flexibility index (Phi) is 6.20. The van der Waals surface area contributed by atoms with Crippen LogP contribution in [0.1, 0.15) is 25.0 Å². The van der Waals surface area contributed by atoms with Gasteiger partial charge in [0.1, 0.15) is 0 Å². The van der Waals surface area contributed by atoms with Crippen LogP contribution in [0.4, 0.5) is 17.1 Å². The summed E-state index contributed by atoms with van der Waals surface area (Å²) in [6.07, 6.45) is 0. The minimum absolute atomic E-state index is 0.0413. The molecule has 9 rings (SSSR count). The van der Waals surface area contributed by atoms with Gasteiger partial charge < -0.3 is 9.47 Å². The lowest BCUT2D eigenvalue weighted by Gasteiger charge is -2.28. The van der Waals surface area contributed by atoms with Crippen LogP contribution >= 0.6 is 0 Å². The number of hydrogen-bond acceptors (Lipinski definition) is 1. The number of aromatic nitrogens is 1. The summed E-state index contributed by atoms with van der Waals surface area (Å²) in [4.78, 5) is 2.43. The van der Waals surface area contributed by atoms with E-state index in [1.54, 1.807) is 0 Å². The first-order valence-corrected chi connectivity index (χ1v) is 16.4. The third kappa shape index (κ3) is 4.26. The first kappa shape index (κ1) is 27.5. The quantitative estimate of drug-likeness (QED) is 0.190. The van der Waals surface area contributed by atoms with Gasteiger partial charge in [0.2, 0.25) is 0 Å². The molecular formula is C45H34N2. The Hall–Kier alpha value is -5.86. The van der Waals surface area contributed by atoms with Gasteiger partial charge in [0.25, 0.3) is 0 Å². The number of rotatable bonds is 5. The Morgan fingerprint density at radius 2 is 1.11 bits per heavy atom. The Bertz CT molecular complexity index is 2420. The second-order valence-electron chi connectivity index (χ2n) is 13.0. The summed E-state index contributed by atoms with van der Waals surface area (Å²) in [5.74, 6) is 0. The van der Waals surface area contributed by atoms with Crippen LogP contribution in [-0.4, -0.2) is 4.57 Å². The van der Waals surface area contributed by atoms with Crippen molar-refractivity contribution in [2.75, 3.05) is 4.90 Å². The summed E-state index contributed by atoms with van der Waals surface area (Å²) in [6.45, 7) is 4.68. The number of para-hydroxylation sites is 3. The van der Waals surface area contributed by atoms with Gasteiger partial charge in [0.15, 0.2) is 0 Å². The van der Waals surface area contributed by atoms with E-state index in [-0.39, 0.29) is 5.41 Å². The maximum Gasteiger partial charge on any atom is 0.0782 e. The lowest BCUT2D eigenvalue weighted by Crippen LogP contribution is -2.15. The molecule has 0 aliphatic heterocycles. The normalized spacial score (nSPS) is 13.1. The van der Waals surface area contributed by atoms with Crippen molar-refractivity contribution < 1.29 is 0 Å². The minimum atomic E-state index is -0.0413. The van der Waals surface area contributed by atoms with Gasteiger partial charge in [0.05, 0.1) is 16.7 Å². The highest BCUT2D eigenvalue weighted by atomic mass is 15.2. The van der Waals surface area contributed by atoms with E-state index in [4.69, 9.17) is 0 Å². The zero-order chi connectivity index (χ0) is 31.5. The SMILES string of the molecule is CC1(C)c2ccccc2-c2cc(N(c3ccccc3)c3cccc4c5ccccc5n(-c5ccc(-c6ccccc6)cc5)c34)ccc21. The average Bonchev–Trinajstić information content (AvgIpc) is 3.59. The molecule has 0 amide bonds. The molecule has 0 unspecified atom stereocenters. The Morgan fingerprint density at radius 1 is 0.468 bits per heavy atom. The molecule has 0 fully saturated rings. The predicted molar refractivity (Wildman–Crippen MR) is 198 cm³/mol. The third-order valence-electron chi connectivity index (χ3n) is 9.99. The van der Waals surface area contributed by atoms with Gasteiger partial charge in [-0.15, -0.1) is 0 Å². The zero-order valence-electron chi connectivity index (χ0n) is 26.6. The van der Waals surface area contributed by atoms with Crippen molar-refractivity contribution in [3.05, 3.63) is 181 Å². The summed E-state index contributed by atoms with van der Waals surface area (Å²) in [7, 11) is 0. The summed E-state index contributed by atoms with van der Waals surface area (Å²) in [5, 5.41) is 2.48. The molecule has 0 bridgehead atoms. The van der Waals surface area contributed by atoms with E-state index >= 15 is 0 Å². The monoisotopic (exact) mass is 602 g/mol. The zero-order valence-corrected chi connectivity index (χ0v) is 26.6. The second-order valence-corrected chi connectivity index (χ2v) is 13.0. The fourth-order valence-electron chi connectivity index (χ4n) is 7.73. The first-order valence-electron chi connectivity index (χ1n) is 16.4. The fourth-order valence-corrected chi connectivity index (χ4v) is 7.73. The molecule has 1 aliphatic rings. The van der Waals surface area contributed by atoms with Gasteiger partial charge in [-0.2, -0.15) is 0 Å². The van der Waals surface area contributed by atoms with Crippen LogP contribution < -0.4 is 4.90 Å². The number of hydrogen-bond donors (Lipinski definition) is 0. The molecule has 0 spiro atoms. The van der Waals surface area contributed by atoms with Crippen LogP contribution in [0.5, 0.6) is 0 Å². The molecule has 0 atom stereocenters. The molecule has 0 saturated carbocycles. The average molecular weight is 603 g/mol. The lowest BCUT2D eigenvalue weighted by molar-refractivity contribution is 0.660. The van der Waals surface area contributed by atoms with Gasteiger partial charge in [0, 0.05) is 33.2 Å². The highest BCUT2D eigenvalue weighted by Gasteiger charge is 2.35. The van der Waals surface area contributed by atoms with E-state index in [2.05, 4.69) is 193 Å². The maximum atomic E-state index is 2.44. The standard InChI is InChI=1S/C45H34N2/c1-45(2)40-21-11-9-18-36(40)39-30-35(28-29-41(39)45)46(33-16-7-4-8-17-33)43-23-13-20-38-37-19-10-12-22-42(37)47(44(38)43)34-26-24-32(25-27-34)31-14-5-3-6-15-31/h3-30H,1-2H3. The number of nitrogens with zero attached hydrogens (tertiary/aromatic N) is 2. The molecule has 224 valence electrons. The van der Waals surface area contributed by atoms with E-state index in [9.17, 15) is 0 Å². The summed E-state index contributed by atoms with van der Waals surface area (Å²) < 4.78 is 2.44. The van der Waals surface area contributed by atoms with Crippen molar-refractivity contribution >= 4 is 38.9 Å². The molecule has 1 aromatic heterocycles. The van der Waals surface area contributed by atoms with Crippen LogP contribution in [0.2, 0.25) is 0 Å². The molecule has 47 heavy (non-hydrogen) atoms. The highest BCUT2D eigenvalue weighted by Crippen LogP contribution is 2.51. The summed E-state index contributed by atoms with van der Waals surface area (Å²) in [5.41, 5.74) is 14.7. The van der Waals surface area contributed by atoms with Crippen molar-refractivity contribution in [3.8, 4) is 27.9 Å². The number of benzene rings is 7. The second kappa shape index (κ2) is 10.6. The van der Waals surface area contributed by atoms with Gasteiger partial charge >= 0.3 is 0 Å². The third-order valence-corrected chi connectivity index (χ3v) is 9.99. The highest BCUT2D eigenvalue weighted by molar-refractivity contribution is 6.14. The molecule has 0 saturated heterocycles. The topological polar surface area (TPSA) is 8.17 Å². The first-order chi connectivity index (χ1) is 23.1. The molecule has 1 heterocycles. The van der Waals surface area contributed by atoms with Crippen LogP contribution in [0.25, 0.3) is 49.7 Å². The van der Waals surface area contributed by atoms with E-state index < -0.39 is 0 Å². The van der Waals surface area contributed by atoms with Gasteiger partial charge in [-0.05, 0) is 81.9 Å². The molecule has 2 heteroatoms. The lowest BCUT2D eigenvalue weighted by atomic mass is 9.82. The Balaban J connectivity index is 1.30. The van der Waals surface area contributed by atoms with E-state index in [1.807, 2.05) is 0 Å². The molecule has 8 aromatic rings. The molecule has 7 aromatic carbocycles. The van der Waals surface area contributed by atoms with Gasteiger partial charge in [-0.25, -0.2) is 0 Å². The largest absolute Gasteiger partial charge is 0.308 e. The maximum absolute atomic E-state index is 2.44. The molecule has 0 radical (unpaired) electrons. The van der Waals surface area contributed by atoms with Crippen molar-refractivity contribution in [1.29, 1.82) is 0 Å². The molecule has 2 nitrogen and oxygen atoms in total. The fraction of sp³-hybridized carbons (Fsp3) is 0.0667. The molecule has 1 aliphatic carbocycles. The minimum Gasteiger partial charge on any atom is -0.308 e.